The first kappa shape index (κ1) is 17.0. The van der Waals surface area contributed by atoms with E-state index in [1.165, 1.54) is 18.6 Å². The lowest BCUT2D eigenvalue weighted by atomic mass is 9.98. The second kappa shape index (κ2) is 8.96. The molecule has 114 valence electrons. The summed E-state index contributed by atoms with van der Waals surface area (Å²) in [6.07, 6.45) is 2.32. The molecule has 2 atom stereocenters. The lowest BCUT2D eigenvalue weighted by Gasteiger charge is -2.32. The van der Waals surface area contributed by atoms with Gasteiger partial charge in [-0.3, -0.25) is 0 Å². The minimum absolute atomic E-state index is 0.174. The number of benzene rings is 1. The van der Waals surface area contributed by atoms with Gasteiger partial charge >= 0.3 is 0 Å². The number of anilines is 1. The van der Waals surface area contributed by atoms with Gasteiger partial charge in [0.25, 0.3) is 0 Å². The molecule has 2 unspecified atom stereocenters. The summed E-state index contributed by atoms with van der Waals surface area (Å²) in [7, 11) is 0. The maximum absolute atomic E-state index is 13.0. The van der Waals surface area contributed by atoms with Gasteiger partial charge in [-0.1, -0.05) is 27.2 Å². The third-order valence-electron chi connectivity index (χ3n) is 3.98. The molecule has 1 N–H and O–H groups in total. The zero-order valence-electron chi connectivity index (χ0n) is 13.3. The summed E-state index contributed by atoms with van der Waals surface area (Å²) in [4.78, 5) is 2.32. The van der Waals surface area contributed by atoms with Crippen molar-refractivity contribution in [3.8, 4) is 0 Å². The molecule has 1 aromatic carbocycles. The first-order chi connectivity index (χ1) is 9.62. The van der Waals surface area contributed by atoms with Crippen LogP contribution in [-0.2, 0) is 0 Å². The summed E-state index contributed by atoms with van der Waals surface area (Å²) in [6.45, 7) is 11.8. The molecule has 0 heterocycles. The second-order valence-electron chi connectivity index (χ2n) is 5.46. The smallest absolute Gasteiger partial charge is 0.123 e. The van der Waals surface area contributed by atoms with Crippen LogP contribution in [-0.4, -0.2) is 25.7 Å². The number of nitrogens with zero attached hydrogens (tertiary/aromatic N) is 1. The van der Waals surface area contributed by atoms with E-state index in [9.17, 15) is 4.39 Å². The van der Waals surface area contributed by atoms with Crippen LogP contribution in [0.5, 0.6) is 0 Å². The highest BCUT2D eigenvalue weighted by atomic mass is 19.1. The van der Waals surface area contributed by atoms with Gasteiger partial charge in [0.15, 0.2) is 0 Å². The van der Waals surface area contributed by atoms with Crippen LogP contribution in [0, 0.1) is 11.7 Å². The third kappa shape index (κ3) is 5.12. The van der Waals surface area contributed by atoms with Crippen molar-refractivity contribution in [3.05, 3.63) is 30.1 Å². The maximum atomic E-state index is 13.0. The molecule has 0 saturated heterocycles. The molecule has 0 spiro atoms. The van der Waals surface area contributed by atoms with Gasteiger partial charge in [0, 0.05) is 24.8 Å². The van der Waals surface area contributed by atoms with Gasteiger partial charge in [-0.25, -0.2) is 4.39 Å². The van der Waals surface area contributed by atoms with E-state index in [2.05, 4.69) is 37.9 Å². The Morgan fingerprint density at radius 2 is 1.80 bits per heavy atom. The molecule has 20 heavy (non-hydrogen) atoms. The Bertz CT molecular complexity index is 364. The van der Waals surface area contributed by atoms with Gasteiger partial charge in [-0.05, 0) is 50.1 Å². The van der Waals surface area contributed by atoms with Crippen molar-refractivity contribution in [2.24, 2.45) is 5.92 Å². The summed E-state index contributed by atoms with van der Waals surface area (Å²) in [6, 6.07) is 7.29. The van der Waals surface area contributed by atoms with Crippen molar-refractivity contribution >= 4 is 5.69 Å². The summed E-state index contributed by atoms with van der Waals surface area (Å²) in [5.74, 6) is 0.462. The lowest BCUT2D eigenvalue weighted by Crippen LogP contribution is -2.45. The average molecular weight is 280 g/mol. The molecule has 1 aromatic rings. The second-order valence-corrected chi connectivity index (χ2v) is 5.46. The van der Waals surface area contributed by atoms with Crippen LogP contribution in [0.15, 0.2) is 24.3 Å². The minimum Gasteiger partial charge on any atom is -0.370 e. The molecule has 0 amide bonds. The van der Waals surface area contributed by atoms with Crippen LogP contribution in [0.4, 0.5) is 10.1 Å². The Morgan fingerprint density at radius 1 is 1.15 bits per heavy atom. The van der Waals surface area contributed by atoms with Crippen molar-refractivity contribution in [1.82, 2.24) is 5.32 Å². The van der Waals surface area contributed by atoms with Crippen LogP contribution < -0.4 is 10.2 Å². The van der Waals surface area contributed by atoms with E-state index in [1.54, 1.807) is 0 Å². The molecule has 3 heteroatoms. The Hall–Kier alpha value is -1.09. The number of rotatable bonds is 9. The van der Waals surface area contributed by atoms with Gasteiger partial charge in [-0.15, -0.1) is 0 Å². The zero-order valence-corrected chi connectivity index (χ0v) is 13.3. The monoisotopic (exact) mass is 280 g/mol. The summed E-state index contributed by atoms with van der Waals surface area (Å²) < 4.78 is 13.0. The third-order valence-corrected chi connectivity index (χ3v) is 3.98. The number of hydrogen-bond donors (Lipinski definition) is 1. The van der Waals surface area contributed by atoms with E-state index in [-0.39, 0.29) is 5.82 Å². The molecule has 2 nitrogen and oxygen atoms in total. The molecular weight excluding hydrogens is 251 g/mol. The van der Waals surface area contributed by atoms with Crippen LogP contribution in [0.3, 0.4) is 0 Å². The Morgan fingerprint density at radius 3 is 2.30 bits per heavy atom. The number of halogens is 1. The van der Waals surface area contributed by atoms with Gasteiger partial charge < -0.3 is 10.2 Å². The molecular formula is C17H29FN2. The van der Waals surface area contributed by atoms with Crippen LogP contribution in [0.25, 0.3) is 0 Å². The summed E-state index contributed by atoms with van der Waals surface area (Å²) in [5, 5.41) is 3.65. The first-order valence-corrected chi connectivity index (χ1v) is 7.86. The van der Waals surface area contributed by atoms with Crippen molar-refractivity contribution in [3.63, 3.8) is 0 Å². The van der Waals surface area contributed by atoms with Gasteiger partial charge in [0.05, 0.1) is 0 Å². The van der Waals surface area contributed by atoms with Crippen molar-refractivity contribution in [2.45, 2.75) is 46.6 Å². The highest BCUT2D eigenvalue weighted by Crippen LogP contribution is 2.17. The molecule has 0 aliphatic heterocycles. The topological polar surface area (TPSA) is 15.3 Å². The van der Waals surface area contributed by atoms with Gasteiger partial charge in [-0.2, -0.15) is 0 Å². The first-order valence-electron chi connectivity index (χ1n) is 7.86. The molecule has 0 aliphatic rings. The highest BCUT2D eigenvalue weighted by Gasteiger charge is 2.18. The van der Waals surface area contributed by atoms with Crippen molar-refractivity contribution in [2.75, 3.05) is 24.5 Å². The van der Waals surface area contributed by atoms with Crippen LogP contribution in [0.1, 0.15) is 40.5 Å². The quantitative estimate of drug-likeness (QED) is 0.733. The largest absolute Gasteiger partial charge is 0.370 e. The maximum Gasteiger partial charge on any atom is 0.123 e. The fourth-order valence-corrected chi connectivity index (χ4v) is 2.37. The normalized spacial score (nSPS) is 14.1. The Balaban J connectivity index is 2.74. The summed E-state index contributed by atoms with van der Waals surface area (Å²) in [5.41, 5.74) is 1.10. The van der Waals surface area contributed by atoms with E-state index in [1.807, 2.05) is 12.1 Å². The standard InChI is InChI=1S/C17H29FN2/c1-5-12-19-17(14(4)6-2)13-20(7-3)16-10-8-15(18)9-11-16/h8-11,14,17,19H,5-7,12-13H2,1-4H3. The van der Waals surface area contributed by atoms with E-state index in [0.717, 1.165) is 31.7 Å². The predicted molar refractivity (Wildman–Crippen MR) is 85.8 cm³/mol. The molecule has 0 bridgehead atoms. The van der Waals surface area contributed by atoms with E-state index in [4.69, 9.17) is 0 Å². The predicted octanol–water partition coefficient (Wildman–Crippen LogP) is 4.07. The van der Waals surface area contributed by atoms with E-state index >= 15 is 0 Å². The number of likely N-dealkylation sites (N-methyl/N-ethyl adjacent to an activating group) is 1. The molecule has 0 aromatic heterocycles. The highest BCUT2D eigenvalue weighted by molar-refractivity contribution is 5.46. The molecule has 0 aliphatic carbocycles. The number of hydrogen-bond acceptors (Lipinski definition) is 2. The summed E-state index contributed by atoms with van der Waals surface area (Å²) >= 11 is 0. The molecule has 0 radical (unpaired) electrons. The van der Waals surface area contributed by atoms with Crippen LogP contribution in [0.2, 0.25) is 0 Å². The van der Waals surface area contributed by atoms with Gasteiger partial charge in [0.1, 0.15) is 5.82 Å². The van der Waals surface area contributed by atoms with Gasteiger partial charge in [0.2, 0.25) is 0 Å². The Labute approximate surface area is 123 Å². The Kier molecular flexibility index (Phi) is 7.60. The lowest BCUT2D eigenvalue weighted by molar-refractivity contribution is 0.367. The van der Waals surface area contributed by atoms with E-state index in [0.29, 0.717) is 12.0 Å². The number of nitrogens with one attached hydrogen (secondary N) is 1. The van der Waals surface area contributed by atoms with Crippen molar-refractivity contribution in [1.29, 1.82) is 0 Å². The molecule has 0 saturated carbocycles. The van der Waals surface area contributed by atoms with Crippen LogP contribution >= 0.6 is 0 Å². The minimum atomic E-state index is -0.174. The zero-order chi connectivity index (χ0) is 15.0. The average Bonchev–Trinajstić information content (AvgIpc) is 2.48. The van der Waals surface area contributed by atoms with Crippen molar-refractivity contribution < 1.29 is 4.39 Å². The fraction of sp³-hybridized carbons (Fsp3) is 0.647. The fourth-order valence-electron chi connectivity index (χ4n) is 2.37. The van der Waals surface area contributed by atoms with E-state index < -0.39 is 0 Å². The SMILES string of the molecule is CCCNC(CN(CC)c1ccc(F)cc1)C(C)CC. The molecule has 0 fully saturated rings. The molecule has 1 rings (SSSR count).